The van der Waals surface area contributed by atoms with Crippen molar-refractivity contribution >= 4 is 11.8 Å². The maximum atomic E-state index is 12.7. The number of nitrogens with two attached hydrogens (primary N) is 1. The molecule has 6 nitrogen and oxygen atoms in total. The highest BCUT2D eigenvalue weighted by atomic mass is 16.5. The molecule has 2 N–H and O–H groups in total. The standard InChI is InChI=1S/C16H22N2O4/c1-10-6-12(22-3)4-5-13(10)16(20)18-7-11(9-21-2)14(8-18)15(17)19/h4-6,11,14H,7-9H2,1-3H3,(H2,17,19)/t11-,14+/m0/s1. The SMILES string of the molecule is COC[C@@H]1CN(C(=O)c2ccc(OC)cc2C)C[C@H]1C(N)=O. The van der Waals surface area contributed by atoms with Gasteiger partial charge in [-0.1, -0.05) is 0 Å². The highest BCUT2D eigenvalue weighted by molar-refractivity contribution is 5.96. The van der Waals surface area contributed by atoms with Crippen LogP contribution < -0.4 is 10.5 Å². The Morgan fingerprint density at radius 2 is 2.05 bits per heavy atom. The van der Waals surface area contributed by atoms with E-state index in [9.17, 15) is 9.59 Å². The van der Waals surface area contributed by atoms with Gasteiger partial charge in [-0.25, -0.2) is 0 Å². The molecule has 1 aromatic carbocycles. The summed E-state index contributed by atoms with van der Waals surface area (Å²) in [5.41, 5.74) is 6.89. The van der Waals surface area contributed by atoms with Crippen molar-refractivity contribution in [3.63, 3.8) is 0 Å². The fraction of sp³-hybridized carbons (Fsp3) is 0.500. The van der Waals surface area contributed by atoms with E-state index in [2.05, 4.69) is 0 Å². The first-order valence-electron chi connectivity index (χ1n) is 7.20. The molecule has 0 bridgehead atoms. The largest absolute Gasteiger partial charge is 0.497 e. The van der Waals surface area contributed by atoms with Crippen LogP contribution in [0.25, 0.3) is 0 Å². The van der Waals surface area contributed by atoms with E-state index >= 15 is 0 Å². The van der Waals surface area contributed by atoms with Gasteiger partial charge in [0.25, 0.3) is 5.91 Å². The molecule has 0 aromatic heterocycles. The summed E-state index contributed by atoms with van der Waals surface area (Å²) < 4.78 is 10.3. The van der Waals surface area contributed by atoms with Crippen LogP contribution in [0, 0.1) is 18.8 Å². The number of ether oxygens (including phenoxy) is 2. The number of likely N-dealkylation sites (tertiary alicyclic amines) is 1. The lowest BCUT2D eigenvalue weighted by atomic mass is 9.96. The molecule has 1 aliphatic rings. The van der Waals surface area contributed by atoms with Crippen LogP contribution in [0.3, 0.4) is 0 Å². The minimum atomic E-state index is -0.385. The number of nitrogens with zero attached hydrogens (tertiary/aromatic N) is 1. The number of primary amides is 1. The van der Waals surface area contributed by atoms with Gasteiger partial charge in [-0.3, -0.25) is 9.59 Å². The molecule has 120 valence electrons. The summed E-state index contributed by atoms with van der Waals surface area (Å²) in [7, 11) is 3.17. The number of carbonyl (C=O) groups excluding carboxylic acids is 2. The quantitative estimate of drug-likeness (QED) is 0.873. The summed E-state index contributed by atoms with van der Waals surface area (Å²) in [4.78, 5) is 25.9. The molecule has 0 radical (unpaired) electrons. The van der Waals surface area contributed by atoms with E-state index < -0.39 is 0 Å². The molecule has 1 heterocycles. The molecule has 22 heavy (non-hydrogen) atoms. The molecule has 0 aliphatic carbocycles. The van der Waals surface area contributed by atoms with Crippen molar-refractivity contribution in [2.45, 2.75) is 6.92 Å². The number of methoxy groups -OCH3 is 2. The molecule has 0 unspecified atom stereocenters. The molecular weight excluding hydrogens is 284 g/mol. The molecular formula is C16H22N2O4. The molecule has 2 rings (SSSR count). The van der Waals surface area contributed by atoms with E-state index in [0.717, 1.165) is 5.56 Å². The Kier molecular flexibility index (Phi) is 5.03. The van der Waals surface area contributed by atoms with Gasteiger partial charge in [-0.2, -0.15) is 0 Å². The van der Waals surface area contributed by atoms with Gasteiger partial charge in [0.1, 0.15) is 5.75 Å². The van der Waals surface area contributed by atoms with Gasteiger partial charge in [-0.15, -0.1) is 0 Å². The van der Waals surface area contributed by atoms with E-state index in [0.29, 0.717) is 31.0 Å². The first-order chi connectivity index (χ1) is 10.5. The monoisotopic (exact) mass is 306 g/mol. The molecule has 1 aromatic rings. The van der Waals surface area contributed by atoms with Crippen LogP contribution in [0.15, 0.2) is 18.2 Å². The van der Waals surface area contributed by atoms with Crippen molar-refractivity contribution in [3.05, 3.63) is 29.3 Å². The zero-order chi connectivity index (χ0) is 16.3. The van der Waals surface area contributed by atoms with Crippen molar-refractivity contribution in [1.82, 2.24) is 4.90 Å². The molecule has 0 saturated carbocycles. The second kappa shape index (κ2) is 6.79. The lowest BCUT2D eigenvalue weighted by Gasteiger charge is -2.18. The van der Waals surface area contributed by atoms with Crippen molar-refractivity contribution in [3.8, 4) is 5.75 Å². The van der Waals surface area contributed by atoms with Crippen molar-refractivity contribution < 1.29 is 19.1 Å². The zero-order valence-electron chi connectivity index (χ0n) is 13.2. The number of rotatable bonds is 5. The molecule has 1 saturated heterocycles. The lowest BCUT2D eigenvalue weighted by Crippen LogP contribution is -2.32. The summed E-state index contributed by atoms with van der Waals surface area (Å²) in [6.45, 7) is 3.10. The number of benzene rings is 1. The van der Waals surface area contributed by atoms with Crippen LogP contribution in [0.2, 0.25) is 0 Å². The van der Waals surface area contributed by atoms with E-state index in [-0.39, 0.29) is 23.7 Å². The third-order valence-corrected chi connectivity index (χ3v) is 4.14. The summed E-state index contributed by atoms with van der Waals surface area (Å²) in [5.74, 6) is -0.177. The van der Waals surface area contributed by atoms with Crippen LogP contribution in [0.5, 0.6) is 5.75 Å². The first-order valence-corrected chi connectivity index (χ1v) is 7.20. The second-order valence-electron chi connectivity index (χ2n) is 5.62. The predicted molar refractivity (Wildman–Crippen MR) is 81.7 cm³/mol. The Hall–Kier alpha value is -2.08. The van der Waals surface area contributed by atoms with Crippen molar-refractivity contribution in [1.29, 1.82) is 0 Å². The fourth-order valence-corrected chi connectivity index (χ4v) is 2.92. The summed E-state index contributed by atoms with van der Waals surface area (Å²) >= 11 is 0. The van der Waals surface area contributed by atoms with Crippen LogP contribution in [-0.4, -0.2) is 50.6 Å². The third-order valence-electron chi connectivity index (χ3n) is 4.14. The average Bonchev–Trinajstić information content (AvgIpc) is 2.91. The van der Waals surface area contributed by atoms with Gasteiger partial charge < -0.3 is 20.1 Å². The Balaban J connectivity index is 2.18. The number of amides is 2. The Bertz CT molecular complexity index is 573. The minimum absolute atomic E-state index is 0.0509. The minimum Gasteiger partial charge on any atom is -0.497 e. The Labute approximate surface area is 130 Å². The van der Waals surface area contributed by atoms with Crippen LogP contribution in [-0.2, 0) is 9.53 Å². The second-order valence-corrected chi connectivity index (χ2v) is 5.62. The van der Waals surface area contributed by atoms with Gasteiger partial charge in [0.2, 0.25) is 5.91 Å². The van der Waals surface area contributed by atoms with E-state index in [1.165, 1.54) is 0 Å². The molecule has 2 amide bonds. The van der Waals surface area contributed by atoms with Crippen LogP contribution in [0.1, 0.15) is 15.9 Å². The summed E-state index contributed by atoms with van der Waals surface area (Å²) in [6, 6.07) is 5.33. The first kappa shape index (κ1) is 16.3. The lowest BCUT2D eigenvalue weighted by molar-refractivity contribution is -0.122. The number of aryl methyl sites for hydroxylation is 1. The zero-order valence-corrected chi connectivity index (χ0v) is 13.2. The van der Waals surface area contributed by atoms with Crippen LogP contribution in [0.4, 0.5) is 0 Å². The average molecular weight is 306 g/mol. The normalized spacial score (nSPS) is 21.0. The van der Waals surface area contributed by atoms with Gasteiger partial charge >= 0.3 is 0 Å². The van der Waals surface area contributed by atoms with Gasteiger partial charge in [0.15, 0.2) is 0 Å². The van der Waals surface area contributed by atoms with Crippen LogP contribution >= 0.6 is 0 Å². The molecule has 6 heteroatoms. The van der Waals surface area contributed by atoms with Gasteiger partial charge in [0.05, 0.1) is 19.6 Å². The summed E-state index contributed by atoms with van der Waals surface area (Å²) in [5, 5.41) is 0. The fourth-order valence-electron chi connectivity index (χ4n) is 2.92. The third kappa shape index (κ3) is 3.22. The van der Waals surface area contributed by atoms with Crippen molar-refractivity contribution in [2.75, 3.05) is 33.9 Å². The van der Waals surface area contributed by atoms with Gasteiger partial charge in [0, 0.05) is 31.7 Å². The molecule has 1 aliphatic heterocycles. The van der Waals surface area contributed by atoms with E-state index in [1.54, 1.807) is 31.3 Å². The van der Waals surface area contributed by atoms with Gasteiger partial charge in [-0.05, 0) is 30.7 Å². The summed E-state index contributed by atoms with van der Waals surface area (Å²) in [6.07, 6.45) is 0. The highest BCUT2D eigenvalue weighted by Gasteiger charge is 2.38. The molecule has 0 spiro atoms. The molecule has 1 fully saturated rings. The Morgan fingerprint density at radius 1 is 1.32 bits per heavy atom. The maximum absolute atomic E-state index is 12.7. The van der Waals surface area contributed by atoms with E-state index in [4.69, 9.17) is 15.2 Å². The van der Waals surface area contributed by atoms with E-state index in [1.807, 2.05) is 13.0 Å². The molecule has 2 atom stereocenters. The topological polar surface area (TPSA) is 81.9 Å². The number of carbonyl (C=O) groups is 2. The smallest absolute Gasteiger partial charge is 0.254 e. The number of hydrogen-bond donors (Lipinski definition) is 1. The predicted octanol–water partition coefficient (Wildman–Crippen LogP) is 0.824. The van der Waals surface area contributed by atoms with Crippen molar-refractivity contribution in [2.24, 2.45) is 17.6 Å². The Morgan fingerprint density at radius 3 is 2.59 bits per heavy atom. The maximum Gasteiger partial charge on any atom is 0.254 e. The highest BCUT2D eigenvalue weighted by Crippen LogP contribution is 2.26. The number of hydrogen-bond acceptors (Lipinski definition) is 4.